The molecule has 6 heteroatoms. The van der Waals surface area contributed by atoms with E-state index in [-0.39, 0.29) is 24.7 Å². The summed E-state index contributed by atoms with van der Waals surface area (Å²) in [6.07, 6.45) is -0.335. The Kier molecular flexibility index (Phi) is 4.46. The molecular weight excluding hydrogens is 260 g/mol. The second kappa shape index (κ2) is 6.11. The van der Waals surface area contributed by atoms with Crippen LogP contribution in [-0.2, 0) is 4.74 Å². The van der Waals surface area contributed by atoms with Gasteiger partial charge in [0.15, 0.2) is 0 Å². The molecule has 2 atom stereocenters. The van der Waals surface area contributed by atoms with Gasteiger partial charge < -0.3 is 25.2 Å². The monoisotopic (exact) mass is 280 g/mol. The van der Waals surface area contributed by atoms with E-state index in [1.54, 1.807) is 23.1 Å². The van der Waals surface area contributed by atoms with Gasteiger partial charge in [0, 0.05) is 23.9 Å². The fourth-order valence-electron chi connectivity index (χ4n) is 2.24. The molecule has 1 aliphatic rings. The van der Waals surface area contributed by atoms with Crippen LogP contribution in [0.15, 0.2) is 18.2 Å². The number of morpholine rings is 1. The van der Waals surface area contributed by atoms with Crippen LogP contribution in [-0.4, -0.2) is 54.9 Å². The summed E-state index contributed by atoms with van der Waals surface area (Å²) in [4.78, 5) is 14.3. The average molecular weight is 280 g/mol. The van der Waals surface area contributed by atoms with E-state index in [1.165, 1.54) is 7.11 Å². The Morgan fingerprint density at radius 1 is 1.55 bits per heavy atom. The third kappa shape index (κ3) is 3.02. The molecule has 1 aliphatic heterocycles. The van der Waals surface area contributed by atoms with E-state index in [4.69, 9.17) is 15.2 Å². The predicted molar refractivity (Wildman–Crippen MR) is 74.7 cm³/mol. The van der Waals surface area contributed by atoms with Crippen molar-refractivity contribution in [1.29, 1.82) is 0 Å². The van der Waals surface area contributed by atoms with Crippen LogP contribution in [0.3, 0.4) is 0 Å². The van der Waals surface area contributed by atoms with Crippen molar-refractivity contribution in [3.8, 4) is 5.75 Å². The van der Waals surface area contributed by atoms with Gasteiger partial charge in [-0.15, -0.1) is 0 Å². The normalized spacial score (nSPS) is 22.6. The molecule has 0 aliphatic carbocycles. The fourth-order valence-corrected chi connectivity index (χ4v) is 2.24. The summed E-state index contributed by atoms with van der Waals surface area (Å²) in [7, 11) is 1.53. The Hall–Kier alpha value is -1.79. The highest BCUT2D eigenvalue weighted by Gasteiger charge is 2.30. The quantitative estimate of drug-likeness (QED) is 0.788. The van der Waals surface area contributed by atoms with Gasteiger partial charge in [0.25, 0.3) is 5.91 Å². The summed E-state index contributed by atoms with van der Waals surface area (Å²) < 4.78 is 10.6. The number of hydrogen-bond acceptors (Lipinski definition) is 5. The number of rotatable bonds is 3. The zero-order valence-corrected chi connectivity index (χ0v) is 11.7. The van der Waals surface area contributed by atoms with E-state index in [1.807, 2.05) is 6.92 Å². The summed E-state index contributed by atoms with van der Waals surface area (Å²) in [6.45, 7) is 2.59. The Balaban J connectivity index is 2.23. The molecule has 1 aromatic rings. The molecule has 0 radical (unpaired) electrons. The van der Waals surface area contributed by atoms with Crippen molar-refractivity contribution in [2.75, 3.05) is 32.6 Å². The minimum absolute atomic E-state index is 0.0438. The SMILES string of the molecule is COc1cc(N)cc(C(=O)N2CC(CO)OCC2C)c1. The van der Waals surface area contributed by atoms with E-state index in [2.05, 4.69) is 0 Å². The van der Waals surface area contributed by atoms with Crippen LogP contribution in [0.4, 0.5) is 5.69 Å². The second-order valence-corrected chi connectivity index (χ2v) is 4.94. The Morgan fingerprint density at radius 3 is 2.95 bits per heavy atom. The first-order chi connectivity index (χ1) is 9.55. The van der Waals surface area contributed by atoms with Gasteiger partial charge in [0.1, 0.15) is 5.75 Å². The van der Waals surface area contributed by atoms with Gasteiger partial charge in [0.05, 0.1) is 32.5 Å². The third-order valence-electron chi connectivity index (χ3n) is 3.38. The van der Waals surface area contributed by atoms with Gasteiger partial charge in [-0.25, -0.2) is 0 Å². The molecule has 0 spiro atoms. The molecule has 0 aromatic heterocycles. The highest BCUT2D eigenvalue weighted by molar-refractivity contribution is 5.95. The Bertz CT molecular complexity index is 492. The Labute approximate surface area is 118 Å². The molecule has 1 saturated heterocycles. The number of aliphatic hydroxyl groups excluding tert-OH is 1. The summed E-state index contributed by atoms with van der Waals surface area (Å²) in [5, 5.41) is 9.17. The lowest BCUT2D eigenvalue weighted by Gasteiger charge is -2.37. The van der Waals surface area contributed by atoms with Crippen molar-refractivity contribution in [2.45, 2.75) is 19.1 Å². The molecule has 2 rings (SSSR count). The lowest BCUT2D eigenvalue weighted by molar-refractivity contribution is -0.0667. The van der Waals surface area contributed by atoms with Crippen LogP contribution in [0.25, 0.3) is 0 Å². The van der Waals surface area contributed by atoms with Crippen LogP contribution in [0.2, 0.25) is 0 Å². The van der Waals surface area contributed by atoms with Crippen molar-refractivity contribution < 1.29 is 19.4 Å². The van der Waals surface area contributed by atoms with Crippen molar-refractivity contribution in [3.05, 3.63) is 23.8 Å². The second-order valence-electron chi connectivity index (χ2n) is 4.94. The number of aliphatic hydroxyl groups is 1. The molecule has 1 fully saturated rings. The van der Waals surface area contributed by atoms with Crippen molar-refractivity contribution in [1.82, 2.24) is 4.90 Å². The number of benzene rings is 1. The summed E-state index contributed by atoms with van der Waals surface area (Å²) >= 11 is 0. The van der Waals surface area contributed by atoms with Crippen LogP contribution < -0.4 is 10.5 Å². The number of nitrogens with zero attached hydrogens (tertiary/aromatic N) is 1. The fraction of sp³-hybridized carbons (Fsp3) is 0.500. The zero-order valence-electron chi connectivity index (χ0n) is 11.7. The molecule has 110 valence electrons. The van der Waals surface area contributed by atoms with Gasteiger partial charge in [-0.2, -0.15) is 0 Å². The number of amides is 1. The molecule has 2 unspecified atom stereocenters. The molecule has 6 nitrogen and oxygen atoms in total. The van der Waals surface area contributed by atoms with E-state index < -0.39 is 0 Å². The number of carbonyl (C=O) groups excluding carboxylic acids is 1. The first-order valence-electron chi connectivity index (χ1n) is 6.53. The van der Waals surface area contributed by atoms with Crippen molar-refractivity contribution in [2.24, 2.45) is 0 Å². The van der Waals surface area contributed by atoms with Crippen LogP contribution in [0.1, 0.15) is 17.3 Å². The van der Waals surface area contributed by atoms with Gasteiger partial charge in [-0.3, -0.25) is 4.79 Å². The van der Waals surface area contributed by atoms with Gasteiger partial charge in [0.2, 0.25) is 0 Å². The van der Waals surface area contributed by atoms with E-state index in [0.717, 1.165) is 0 Å². The maximum absolute atomic E-state index is 12.6. The topological polar surface area (TPSA) is 85.0 Å². The smallest absolute Gasteiger partial charge is 0.254 e. The third-order valence-corrected chi connectivity index (χ3v) is 3.38. The van der Waals surface area contributed by atoms with E-state index >= 15 is 0 Å². The molecule has 0 bridgehead atoms. The summed E-state index contributed by atoms with van der Waals surface area (Å²) in [5.74, 6) is 0.415. The predicted octanol–water partition coefficient (Wildman–Crippen LogP) is 0.499. The molecule has 1 amide bonds. The molecule has 1 heterocycles. The number of nitrogens with two attached hydrogens (primary N) is 1. The lowest BCUT2D eigenvalue weighted by atomic mass is 10.1. The largest absolute Gasteiger partial charge is 0.497 e. The maximum Gasteiger partial charge on any atom is 0.254 e. The first-order valence-corrected chi connectivity index (χ1v) is 6.53. The van der Waals surface area contributed by atoms with E-state index in [9.17, 15) is 9.90 Å². The van der Waals surface area contributed by atoms with E-state index in [0.29, 0.717) is 30.2 Å². The highest BCUT2D eigenvalue weighted by Crippen LogP contribution is 2.22. The number of carbonyl (C=O) groups is 1. The number of methoxy groups -OCH3 is 1. The van der Waals surface area contributed by atoms with Gasteiger partial charge in [-0.05, 0) is 19.1 Å². The number of ether oxygens (including phenoxy) is 2. The van der Waals surface area contributed by atoms with Gasteiger partial charge >= 0.3 is 0 Å². The highest BCUT2D eigenvalue weighted by atomic mass is 16.5. The minimum Gasteiger partial charge on any atom is -0.497 e. The zero-order chi connectivity index (χ0) is 14.7. The number of nitrogen functional groups attached to an aromatic ring is 1. The molecular formula is C14H20N2O4. The molecule has 1 aromatic carbocycles. The first kappa shape index (κ1) is 14.6. The van der Waals surface area contributed by atoms with Gasteiger partial charge in [-0.1, -0.05) is 0 Å². The van der Waals surface area contributed by atoms with Crippen molar-refractivity contribution in [3.63, 3.8) is 0 Å². The average Bonchev–Trinajstić information content (AvgIpc) is 2.46. The molecule has 0 saturated carbocycles. The summed E-state index contributed by atoms with van der Waals surface area (Å²) in [5.41, 5.74) is 6.73. The van der Waals surface area contributed by atoms with Crippen molar-refractivity contribution >= 4 is 11.6 Å². The lowest BCUT2D eigenvalue weighted by Crippen LogP contribution is -2.52. The van der Waals surface area contributed by atoms with Crippen LogP contribution in [0, 0.1) is 0 Å². The Morgan fingerprint density at radius 2 is 2.30 bits per heavy atom. The summed E-state index contributed by atoms with van der Waals surface area (Å²) in [6, 6.07) is 4.91. The maximum atomic E-state index is 12.6. The van der Waals surface area contributed by atoms with Crippen LogP contribution in [0.5, 0.6) is 5.75 Å². The minimum atomic E-state index is -0.335. The van der Waals surface area contributed by atoms with Crippen LogP contribution >= 0.6 is 0 Å². The molecule has 20 heavy (non-hydrogen) atoms. The standard InChI is InChI=1S/C14H20N2O4/c1-9-8-20-13(7-17)6-16(9)14(18)10-3-11(15)5-12(4-10)19-2/h3-5,9,13,17H,6-8,15H2,1-2H3. The molecule has 3 N–H and O–H groups in total. The number of anilines is 1. The number of hydrogen-bond donors (Lipinski definition) is 2.